The third-order valence-electron chi connectivity index (χ3n) is 8.42. The van der Waals surface area contributed by atoms with Crippen molar-refractivity contribution in [3.8, 4) is 33.5 Å². The topological polar surface area (TPSA) is 41.9 Å². The van der Waals surface area contributed by atoms with Crippen LogP contribution in [0, 0.1) is 0 Å². The zero-order chi connectivity index (χ0) is 28.3. The number of para-hydroxylation sites is 3. The van der Waals surface area contributed by atoms with Crippen molar-refractivity contribution in [1.29, 1.82) is 0 Å². The fraction of sp³-hybridized carbons (Fsp3) is 0. The van der Waals surface area contributed by atoms with Gasteiger partial charge in [0.25, 0.3) is 0 Å². The van der Waals surface area contributed by atoms with Gasteiger partial charge in [-0.05, 0) is 52.4 Å². The van der Waals surface area contributed by atoms with Crippen LogP contribution in [0.2, 0.25) is 0 Å². The zero-order valence-corrected chi connectivity index (χ0v) is 23.1. The van der Waals surface area contributed by atoms with Gasteiger partial charge in [0.05, 0.1) is 39.8 Å². The average Bonchev–Trinajstić information content (AvgIpc) is 3.08. The van der Waals surface area contributed by atoms with E-state index in [2.05, 4.69) is 120 Å². The number of pyridine rings is 1. The van der Waals surface area contributed by atoms with Crippen molar-refractivity contribution in [2.24, 2.45) is 0 Å². The van der Waals surface area contributed by atoms with E-state index in [1.54, 1.807) is 0 Å². The number of hydrogen-bond donors (Lipinski definition) is 0. The lowest BCUT2D eigenvalue weighted by atomic mass is 9.90. The zero-order valence-electron chi connectivity index (χ0n) is 23.1. The van der Waals surface area contributed by atoms with Gasteiger partial charge >= 0.3 is 0 Å². The van der Waals surface area contributed by atoms with Crippen LogP contribution in [0.25, 0.3) is 66.2 Å². The molecule has 0 radical (unpaired) electrons. The number of fused-ring (bicyclic) bond motifs is 5. The van der Waals surface area contributed by atoms with E-state index in [0.29, 0.717) is 0 Å². The molecule has 43 heavy (non-hydrogen) atoms. The first kappa shape index (κ1) is 23.8. The summed E-state index contributed by atoms with van der Waals surface area (Å²) in [5, 5.41) is 3.42. The second kappa shape index (κ2) is 9.33. The molecule has 200 valence electrons. The van der Waals surface area contributed by atoms with Crippen LogP contribution in [0.1, 0.15) is 0 Å². The monoisotopic (exact) mass is 548 g/mol. The minimum atomic E-state index is 0.781. The van der Waals surface area contributed by atoms with Crippen LogP contribution in [0.4, 0.5) is 17.2 Å². The van der Waals surface area contributed by atoms with E-state index >= 15 is 0 Å². The molecule has 1 aliphatic rings. The molecule has 0 amide bonds. The molecule has 0 spiro atoms. The molecule has 3 heterocycles. The smallest absolute Gasteiger partial charge is 0.156 e. The van der Waals surface area contributed by atoms with Gasteiger partial charge in [0.2, 0.25) is 0 Å². The molecule has 1 aliphatic heterocycles. The Labute approximate surface area is 248 Å². The molecular formula is C39H24N4. The molecule has 0 saturated carbocycles. The van der Waals surface area contributed by atoms with Crippen LogP contribution < -0.4 is 4.90 Å². The highest BCUT2D eigenvalue weighted by molar-refractivity contribution is 6.21. The maximum absolute atomic E-state index is 5.50. The van der Waals surface area contributed by atoms with Gasteiger partial charge < -0.3 is 0 Å². The maximum atomic E-state index is 5.50. The fourth-order valence-corrected chi connectivity index (χ4v) is 6.46. The summed E-state index contributed by atoms with van der Waals surface area (Å²) < 4.78 is 0. The second-order valence-corrected chi connectivity index (χ2v) is 10.9. The number of nitrogens with zero attached hydrogens (tertiary/aromatic N) is 4. The van der Waals surface area contributed by atoms with E-state index < -0.39 is 0 Å². The lowest BCUT2D eigenvalue weighted by Gasteiger charge is -2.32. The summed E-state index contributed by atoms with van der Waals surface area (Å²) in [7, 11) is 0. The van der Waals surface area contributed by atoms with Crippen LogP contribution >= 0.6 is 0 Å². The van der Waals surface area contributed by atoms with Crippen molar-refractivity contribution in [3.05, 3.63) is 146 Å². The Hall–Kier alpha value is -5.87. The van der Waals surface area contributed by atoms with Crippen molar-refractivity contribution in [1.82, 2.24) is 15.0 Å². The Morgan fingerprint density at radius 1 is 0.465 bits per heavy atom. The molecule has 2 aromatic heterocycles. The number of hydrogen-bond acceptors (Lipinski definition) is 4. The lowest BCUT2D eigenvalue weighted by Crippen LogP contribution is -2.17. The quantitative estimate of drug-likeness (QED) is 0.206. The van der Waals surface area contributed by atoms with E-state index in [1.807, 2.05) is 30.5 Å². The maximum Gasteiger partial charge on any atom is 0.156 e. The highest BCUT2D eigenvalue weighted by Gasteiger charge is 2.29. The van der Waals surface area contributed by atoms with E-state index in [0.717, 1.165) is 72.5 Å². The first-order chi connectivity index (χ1) is 21.3. The highest BCUT2D eigenvalue weighted by Crippen LogP contribution is 2.52. The summed E-state index contributed by atoms with van der Waals surface area (Å²) in [5.74, 6) is 0.781. The molecule has 9 rings (SSSR count). The summed E-state index contributed by atoms with van der Waals surface area (Å²) in [4.78, 5) is 17.6. The number of anilines is 3. The Bertz CT molecular complexity index is 2350. The van der Waals surface area contributed by atoms with E-state index in [-0.39, 0.29) is 0 Å². The van der Waals surface area contributed by atoms with Gasteiger partial charge in [0.1, 0.15) is 0 Å². The van der Waals surface area contributed by atoms with Crippen LogP contribution in [0.3, 0.4) is 0 Å². The second-order valence-electron chi connectivity index (χ2n) is 10.9. The third-order valence-corrected chi connectivity index (χ3v) is 8.42. The van der Waals surface area contributed by atoms with Crippen molar-refractivity contribution >= 4 is 49.9 Å². The molecular weight excluding hydrogens is 524 g/mol. The summed E-state index contributed by atoms with van der Waals surface area (Å²) in [6.45, 7) is 0. The van der Waals surface area contributed by atoms with Gasteiger partial charge in [0, 0.05) is 21.9 Å². The Morgan fingerprint density at radius 2 is 1.19 bits per heavy atom. The minimum Gasteiger partial charge on any atom is -0.292 e. The predicted molar refractivity (Wildman–Crippen MR) is 177 cm³/mol. The molecule has 0 bridgehead atoms. The van der Waals surface area contributed by atoms with Crippen molar-refractivity contribution in [3.63, 3.8) is 0 Å². The first-order valence-electron chi connectivity index (χ1n) is 14.5. The van der Waals surface area contributed by atoms with Gasteiger partial charge in [-0.25, -0.2) is 9.97 Å². The normalized spacial score (nSPS) is 12.1. The van der Waals surface area contributed by atoms with Gasteiger partial charge in [-0.3, -0.25) is 9.88 Å². The molecule has 6 aromatic carbocycles. The van der Waals surface area contributed by atoms with Crippen LogP contribution in [-0.4, -0.2) is 15.0 Å². The van der Waals surface area contributed by atoms with Crippen molar-refractivity contribution in [2.75, 3.05) is 4.90 Å². The third kappa shape index (κ3) is 3.67. The molecule has 0 N–H and O–H groups in total. The standard InChI is InChI=1S/C39H24N4/c1-3-11-25(12-4-1)27-21-22-34-31(23-27)39-37-29(30-17-9-15-28(38(30)42-39)26-13-5-2-6-14-26)16-10-20-35(37)43(34)36-24-40-32-18-7-8-19-33(32)41-36/h1-24H. The molecule has 0 unspecified atom stereocenters. The van der Waals surface area contributed by atoms with Crippen molar-refractivity contribution in [2.45, 2.75) is 0 Å². The average molecular weight is 549 g/mol. The molecule has 4 nitrogen and oxygen atoms in total. The van der Waals surface area contributed by atoms with Crippen molar-refractivity contribution < 1.29 is 0 Å². The molecule has 0 atom stereocenters. The Morgan fingerprint density at radius 3 is 2.02 bits per heavy atom. The van der Waals surface area contributed by atoms with Crippen LogP contribution in [0.15, 0.2) is 146 Å². The minimum absolute atomic E-state index is 0.781. The Balaban J connectivity index is 1.39. The van der Waals surface area contributed by atoms with Gasteiger partial charge in [0.15, 0.2) is 5.82 Å². The van der Waals surface area contributed by atoms with E-state index in [4.69, 9.17) is 15.0 Å². The molecule has 0 aliphatic carbocycles. The summed E-state index contributed by atoms with van der Waals surface area (Å²) >= 11 is 0. The predicted octanol–water partition coefficient (Wildman–Crippen LogP) is 10.1. The molecule has 8 aromatic rings. The fourth-order valence-electron chi connectivity index (χ4n) is 6.46. The molecule has 0 saturated heterocycles. The SMILES string of the molecule is c1ccc(-c2ccc3c(c2)-c2nc4c(-c5ccccc5)cccc4c4cccc(c24)N3c2cnc3ccccc3n2)cc1. The summed E-state index contributed by atoms with van der Waals surface area (Å²) in [6.07, 6.45) is 1.88. The molecule has 0 fully saturated rings. The summed E-state index contributed by atoms with van der Waals surface area (Å²) in [6, 6.07) is 48.8. The largest absolute Gasteiger partial charge is 0.292 e. The number of rotatable bonds is 3. The summed E-state index contributed by atoms with van der Waals surface area (Å²) in [5.41, 5.74) is 11.5. The van der Waals surface area contributed by atoms with Gasteiger partial charge in [-0.15, -0.1) is 0 Å². The first-order valence-corrected chi connectivity index (χ1v) is 14.5. The van der Waals surface area contributed by atoms with Crippen LogP contribution in [0.5, 0.6) is 0 Å². The number of aromatic nitrogens is 3. The lowest BCUT2D eigenvalue weighted by molar-refractivity contribution is 1.17. The highest BCUT2D eigenvalue weighted by atomic mass is 15.2. The van der Waals surface area contributed by atoms with Gasteiger partial charge in [-0.1, -0.05) is 109 Å². The molecule has 4 heteroatoms. The van der Waals surface area contributed by atoms with Crippen LogP contribution in [-0.2, 0) is 0 Å². The van der Waals surface area contributed by atoms with Gasteiger partial charge in [-0.2, -0.15) is 0 Å². The van der Waals surface area contributed by atoms with E-state index in [1.165, 1.54) is 10.9 Å². The number of benzene rings is 6. The van der Waals surface area contributed by atoms with E-state index in [9.17, 15) is 0 Å². The Kier molecular flexibility index (Phi) is 5.16.